The highest BCUT2D eigenvalue weighted by molar-refractivity contribution is 7.94. The zero-order valence-corrected chi connectivity index (χ0v) is 42.6. The number of benzene rings is 6. The molecule has 1 atom stereocenters. The molecule has 370 valence electrons. The number of para-hydroxylation sites is 2. The minimum Gasteiger partial charge on any atom is -0.464 e. The van der Waals surface area contributed by atoms with E-state index in [0.29, 0.717) is 31.3 Å². The third-order valence-corrected chi connectivity index (χ3v) is 15.3. The van der Waals surface area contributed by atoms with Crippen LogP contribution in [0.3, 0.4) is 0 Å². The summed E-state index contributed by atoms with van der Waals surface area (Å²) in [4.78, 5) is 29.2. The number of rotatable bonds is 16. The van der Waals surface area contributed by atoms with Crippen LogP contribution in [0.1, 0.15) is 65.5 Å². The van der Waals surface area contributed by atoms with E-state index in [1.165, 1.54) is 26.0 Å². The maximum Gasteiger partial charge on any atom is 0.302 e. The monoisotopic (exact) mass is 1010 g/mol. The summed E-state index contributed by atoms with van der Waals surface area (Å²) < 4.78 is 52.3. The van der Waals surface area contributed by atoms with Crippen molar-refractivity contribution in [3.05, 3.63) is 173 Å². The predicted octanol–water partition coefficient (Wildman–Crippen LogP) is 11.9. The van der Waals surface area contributed by atoms with Gasteiger partial charge in [-0.15, -0.1) is 10.1 Å². The lowest BCUT2D eigenvalue weighted by atomic mass is 9.78. The lowest BCUT2D eigenvalue weighted by Crippen LogP contribution is -2.41. The molecular weight excluding hydrogens is 951 g/mol. The summed E-state index contributed by atoms with van der Waals surface area (Å²) in [5.74, 6) is -0.723. The first kappa shape index (κ1) is 50.1. The molecule has 15 heteroatoms. The number of esters is 2. The van der Waals surface area contributed by atoms with Crippen molar-refractivity contribution in [1.82, 2.24) is 0 Å². The molecule has 0 radical (unpaired) electrons. The Morgan fingerprint density at radius 2 is 1.44 bits per heavy atom. The van der Waals surface area contributed by atoms with Crippen molar-refractivity contribution in [3.8, 4) is 0 Å². The van der Waals surface area contributed by atoms with E-state index in [1.807, 2.05) is 60.7 Å². The van der Waals surface area contributed by atoms with Crippen LogP contribution in [-0.2, 0) is 49.4 Å². The van der Waals surface area contributed by atoms with Crippen LogP contribution in [0.5, 0.6) is 0 Å². The number of fused-ring (bicyclic) bond motifs is 6. The van der Waals surface area contributed by atoms with Crippen LogP contribution in [-0.4, -0.2) is 72.8 Å². The van der Waals surface area contributed by atoms with Gasteiger partial charge >= 0.3 is 11.9 Å². The molecule has 0 saturated carbocycles. The molecule has 0 amide bonds. The minimum atomic E-state index is -4.43. The molecule has 0 bridgehead atoms. The number of ether oxygens (including phenoxy) is 2. The standard InChI is InChI=1S/C57H55N3O10S2/c1-37(61)67-33-31-58-49-27-19-41-35-45(71-70-69-63)23-25-47(41)53(49)56(3,4)51(58)29-21-39-17-18-40(55(39)60(43-13-9-7-10-14-43)44-15-11-8-12-16-44)22-30-52-57(5,6)54-48-26-24-46(72(64,65)66)36-42(48)20-28-50(54)59(52)32-34-68-38(2)62/h7-16,19-21,23-30,35-36,52H,17-18,31-34H2,1-6H3,(H-,63,64,65,66)/p+1. The summed E-state index contributed by atoms with van der Waals surface area (Å²) in [5, 5.41) is 16.2. The summed E-state index contributed by atoms with van der Waals surface area (Å²) in [5.41, 5.74) is 12.9. The number of hydrogen-bond acceptors (Lipinski definition) is 12. The van der Waals surface area contributed by atoms with E-state index in [0.717, 1.165) is 89.5 Å². The van der Waals surface area contributed by atoms with Crippen LogP contribution in [0.25, 0.3) is 21.5 Å². The summed E-state index contributed by atoms with van der Waals surface area (Å²) in [6.45, 7) is 12.7. The molecule has 1 unspecified atom stereocenters. The van der Waals surface area contributed by atoms with Gasteiger partial charge in [0, 0.05) is 64.5 Å². The van der Waals surface area contributed by atoms with Crippen molar-refractivity contribution in [3.63, 3.8) is 0 Å². The van der Waals surface area contributed by atoms with E-state index in [-0.39, 0.29) is 36.1 Å². The van der Waals surface area contributed by atoms with E-state index in [1.54, 1.807) is 6.07 Å². The van der Waals surface area contributed by atoms with Gasteiger partial charge in [-0.1, -0.05) is 79.6 Å². The van der Waals surface area contributed by atoms with Gasteiger partial charge in [0.1, 0.15) is 6.61 Å². The highest BCUT2D eigenvalue weighted by Crippen LogP contribution is 2.50. The van der Waals surface area contributed by atoms with Crippen molar-refractivity contribution in [2.24, 2.45) is 0 Å². The van der Waals surface area contributed by atoms with Crippen LogP contribution in [0.15, 0.2) is 172 Å². The smallest absolute Gasteiger partial charge is 0.302 e. The number of carbonyl (C=O) groups is 2. The second-order valence-electron chi connectivity index (χ2n) is 19.1. The van der Waals surface area contributed by atoms with Gasteiger partial charge in [-0.2, -0.15) is 13.0 Å². The molecule has 2 aliphatic heterocycles. The SMILES string of the molecule is CC(=O)OCCN1c2ccc3cc(S(=O)(=O)O)ccc3c2C(C)(C)C1C=C=C1CCC(/C=C/C2=[N+](CCOC(C)=O)c3ccc4cc(SOOO)ccc4c3C2(C)C)=C1N(c1ccccc1)c1ccccc1. The molecule has 6 aromatic rings. The zero-order chi connectivity index (χ0) is 51.0. The Hall–Kier alpha value is -6.81. The number of nitrogens with zero attached hydrogens (tertiary/aromatic N) is 3. The van der Waals surface area contributed by atoms with Crippen molar-refractivity contribution < 1.29 is 51.2 Å². The topological polar surface area (TPSA) is 155 Å². The normalized spacial score (nSPS) is 16.9. The van der Waals surface area contributed by atoms with Crippen molar-refractivity contribution in [2.45, 2.75) is 81.0 Å². The third kappa shape index (κ3) is 9.77. The highest BCUT2D eigenvalue weighted by atomic mass is 32.2. The van der Waals surface area contributed by atoms with E-state index in [4.69, 9.17) is 19.1 Å². The summed E-state index contributed by atoms with van der Waals surface area (Å²) >= 11 is 0.909. The Kier molecular flexibility index (Phi) is 14.2. The van der Waals surface area contributed by atoms with Crippen LogP contribution < -0.4 is 9.80 Å². The molecular formula is C57H56N3O10S2+. The second kappa shape index (κ2) is 20.4. The fourth-order valence-electron chi connectivity index (χ4n) is 10.8. The largest absolute Gasteiger partial charge is 0.464 e. The predicted molar refractivity (Wildman–Crippen MR) is 281 cm³/mol. The fraction of sp³-hybridized carbons (Fsp3) is 0.263. The number of hydrogen-bond donors (Lipinski definition) is 2. The molecule has 0 fully saturated rings. The van der Waals surface area contributed by atoms with Crippen molar-refractivity contribution >= 4 is 84.1 Å². The lowest BCUT2D eigenvalue weighted by Gasteiger charge is -2.32. The Labute approximate surface area is 423 Å². The van der Waals surface area contributed by atoms with Gasteiger partial charge < -0.3 is 19.3 Å². The first-order chi connectivity index (χ1) is 34.5. The van der Waals surface area contributed by atoms with Crippen molar-refractivity contribution in [2.75, 3.05) is 36.1 Å². The summed E-state index contributed by atoms with van der Waals surface area (Å²) in [6.07, 6.45) is 7.95. The number of anilines is 3. The van der Waals surface area contributed by atoms with E-state index < -0.39 is 20.9 Å². The molecule has 2 N–H and O–H groups in total. The van der Waals surface area contributed by atoms with E-state index in [2.05, 4.69) is 114 Å². The van der Waals surface area contributed by atoms with Crippen molar-refractivity contribution in [1.29, 1.82) is 0 Å². The third-order valence-electron chi connectivity index (χ3n) is 13.9. The summed E-state index contributed by atoms with van der Waals surface area (Å²) in [7, 11) is -4.43. The maximum absolute atomic E-state index is 12.2. The van der Waals surface area contributed by atoms with E-state index in [9.17, 15) is 22.6 Å². The molecule has 72 heavy (non-hydrogen) atoms. The molecule has 9 rings (SSSR count). The minimum absolute atomic E-state index is 0.156. The van der Waals surface area contributed by atoms with Gasteiger partial charge in [-0.3, -0.25) is 14.1 Å². The van der Waals surface area contributed by atoms with Crippen LogP contribution in [0.2, 0.25) is 0 Å². The van der Waals surface area contributed by atoms with Gasteiger partial charge in [0.2, 0.25) is 5.69 Å². The van der Waals surface area contributed by atoms with Gasteiger partial charge in [0.05, 0.1) is 40.6 Å². The highest BCUT2D eigenvalue weighted by Gasteiger charge is 2.47. The zero-order valence-electron chi connectivity index (χ0n) is 40.9. The quantitative estimate of drug-likeness (QED) is 0.0180. The molecule has 3 aliphatic rings. The van der Waals surface area contributed by atoms with Gasteiger partial charge in [0.25, 0.3) is 10.1 Å². The molecule has 0 aromatic heterocycles. The summed E-state index contributed by atoms with van der Waals surface area (Å²) in [6, 6.07) is 38.9. The fourth-order valence-corrected chi connectivity index (χ4v) is 11.7. The average Bonchev–Trinajstić information content (AvgIpc) is 3.92. The molecule has 0 spiro atoms. The molecule has 0 saturated heterocycles. The molecule has 1 aliphatic carbocycles. The van der Waals surface area contributed by atoms with Gasteiger partial charge in [-0.05, 0) is 126 Å². The van der Waals surface area contributed by atoms with Crippen LogP contribution in [0.4, 0.5) is 22.7 Å². The maximum atomic E-state index is 12.2. The second-order valence-corrected chi connectivity index (χ2v) is 21.3. The molecule has 2 heterocycles. The van der Waals surface area contributed by atoms with E-state index >= 15 is 0 Å². The Balaban J connectivity index is 1.21. The Bertz CT molecular complexity index is 3360. The first-order valence-electron chi connectivity index (χ1n) is 23.7. The van der Waals surface area contributed by atoms with Gasteiger partial charge in [-0.25, -0.2) is 5.26 Å². The lowest BCUT2D eigenvalue weighted by molar-refractivity contribution is -0.440. The molecule has 6 aromatic carbocycles. The average molecular weight is 1010 g/mol. The Morgan fingerprint density at radius 3 is 2.11 bits per heavy atom. The van der Waals surface area contributed by atoms with Gasteiger partial charge in [0.15, 0.2) is 18.9 Å². The Morgan fingerprint density at radius 1 is 0.806 bits per heavy atom. The number of carbonyl (C=O) groups excluding carboxylic acids is 2. The number of allylic oxidation sites excluding steroid dienone is 4. The molecule has 13 nitrogen and oxygen atoms in total. The van der Waals surface area contributed by atoms with Crippen LogP contribution in [0, 0.1) is 0 Å². The first-order valence-corrected chi connectivity index (χ1v) is 25.9. The van der Waals surface area contributed by atoms with Crippen LogP contribution >= 0.6 is 12.0 Å².